The monoisotopic (exact) mass is 261 g/mol. The van der Waals surface area contributed by atoms with Crippen LogP contribution in [0.5, 0.6) is 11.6 Å². The van der Waals surface area contributed by atoms with Gasteiger partial charge >= 0.3 is 5.97 Å². The summed E-state index contributed by atoms with van der Waals surface area (Å²) in [4.78, 5) is 19.5. The molecule has 0 bridgehead atoms. The number of nitriles is 1. The van der Waals surface area contributed by atoms with Gasteiger partial charge in [0.05, 0.1) is 7.11 Å². The second-order valence-corrected chi connectivity index (χ2v) is 3.95. The van der Waals surface area contributed by atoms with E-state index in [0.717, 1.165) is 0 Å². The summed E-state index contributed by atoms with van der Waals surface area (Å²) >= 11 is 1.18. The normalized spacial score (nSPS) is 9.56. The third-order valence-electron chi connectivity index (χ3n) is 1.98. The largest absolute Gasteiger partial charge is 0.465 e. The van der Waals surface area contributed by atoms with Crippen LogP contribution in [0.2, 0.25) is 0 Å². The van der Waals surface area contributed by atoms with E-state index in [1.807, 2.05) is 6.07 Å². The van der Waals surface area contributed by atoms with Gasteiger partial charge in [-0.15, -0.1) is 11.3 Å². The van der Waals surface area contributed by atoms with Crippen LogP contribution in [-0.4, -0.2) is 23.0 Å². The van der Waals surface area contributed by atoms with Crippen molar-refractivity contribution in [1.29, 1.82) is 5.26 Å². The summed E-state index contributed by atoms with van der Waals surface area (Å²) in [6.07, 6.45) is 2.79. The summed E-state index contributed by atoms with van der Waals surface area (Å²) in [7, 11) is 1.29. The number of ether oxygens (including phenoxy) is 2. The second kappa shape index (κ2) is 5.25. The summed E-state index contributed by atoms with van der Waals surface area (Å²) in [5.74, 6) is -0.144. The number of methoxy groups -OCH3 is 1. The van der Waals surface area contributed by atoms with E-state index in [1.165, 1.54) is 30.8 Å². The average Bonchev–Trinajstić information content (AvgIpc) is 2.86. The maximum absolute atomic E-state index is 11.4. The number of rotatable bonds is 3. The fourth-order valence-corrected chi connectivity index (χ4v) is 1.93. The van der Waals surface area contributed by atoms with E-state index in [0.29, 0.717) is 10.6 Å². The number of thiophene rings is 1. The first-order chi connectivity index (χ1) is 8.76. The molecule has 0 unspecified atom stereocenters. The molecule has 2 rings (SSSR count). The number of aromatic nitrogens is 2. The number of nitrogens with zero attached hydrogens (tertiary/aromatic N) is 3. The van der Waals surface area contributed by atoms with Crippen LogP contribution in [0, 0.1) is 11.3 Å². The average molecular weight is 261 g/mol. The minimum Gasteiger partial charge on any atom is -0.465 e. The SMILES string of the molecule is COC(=O)c1sccc1Oc1nccnc1C#N. The number of hydrogen-bond donors (Lipinski definition) is 0. The summed E-state index contributed by atoms with van der Waals surface area (Å²) in [6.45, 7) is 0. The van der Waals surface area contributed by atoms with Crippen LogP contribution < -0.4 is 4.74 Å². The van der Waals surface area contributed by atoms with Gasteiger partial charge in [-0.05, 0) is 11.4 Å². The van der Waals surface area contributed by atoms with Crippen LogP contribution in [0.15, 0.2) is 23.8 Å². The Balaban J connectivity index is 2.33. The summed E-state index contributed by atoms with van der Waals surface area (Å²) in [6, 6.07) is 3.46. The quantitative estimate of drug-likeness (QED) is 0.785. The Kier molecular flexibility index (Phi) is 3.50. The van der Waals surface area contributed by atoms with Crippen molar-refractivity contribution in [3.8, 4) is 17.7 Å². The van der Waals surface area contributed by atoms with Gasteiger partial charge < -0.3 is 9.47 Å². The maximum Gasteiger partial charge on any atom is 0.351 e. The molecule has 0 fully saturated rings. The highest BCUT2D eigenvalue weighted by Crippen LogP contribution is 2.30. The van der Waals surface area contributed by atoms with Crippen molar-refractivity contribution in [1.82, 2.24) is 9.97 Å². The Morgan fingerprint density at radius 3 is 2.94 bits per heavy atom. The van der Waals surface area contributed by atoms with Crippen molar-refractivity contribution in [2.75, 3.05) is 7.11 Å². The van der Waals surface area contributed by atoms with E-state index in [9.17, 15) is 4.79 Å². The highest BCUT2D eigenvalue weighted by Gasteiger charge is 2.17. The van der Waals surface area contributed by atoms with Gasteiger partial charge in [-0.1, -0.05) is 0 Å². The molecule has 0 aliphatic carbocycles. The summed E-state index contributed by atoms with van der Waals surface area (Å²) in [5.41, 5.74) is 0.0551. The summed E-state index contributed by atoms with van der Waals surface area (Å²) < 4.78 is 10.0. The molecule has 0 N–H and O–H groups in total. The first-order valence-corrected chi connectivity index (χ1v) is 5.69. The van der Waals surface area contributed by atoms with E-state index >= 15 is 0 Å². The minimum atomic E-state index is -0.498. The lowest BCUT2D eigenvalue weighted by atomic mass is 10.4. The Morgan fingerprint density at radius 1 is 1.44 bits per heavy atom. The molecule has 0 amide bonds. The number of carbonyl (C=O) groups is 1. The molecule has 0 spiro atoms. The summed E-state index contributed by atoms with van der Waals surface area (Å²) in [5, 5.41) is 10.5. The van der Waals surface area contributed by atoms with Crippen LogP contribution in [0.25, 0.3) is 0 Å². The van der Waals surface area contributed by atoms with Crippen molar-refractivity contribution < 1.29 is 14.3 Å². The third kappa shape index (κ3) is 2.28. The molecule has 0 radical (unpaired) electrons. The molecule has 2 heterocycles. The van der Waals surface area contributed by atoms with Gasteiger partial charge in [0.2, 0.25) is 5.69 Å². The van der Waals surface area contributed by atoms with E-state index < -0.39 is 5.97 Å². The van der Waals surface area contributed by atoms with Gasteiger partial charge in [-0.2, -0.15) is 5.26 Å². The van der Waals surface area contributed by atoms with Crippen molar-refractivity contribution >= 4 is 17.3 Å². The Bertz CT molecular complexity index is 618. The van der Waals surface area contributed by atoms with E-state index in [2.05, 4.69) is 14.7 Å². The lowest BCUT2D eigenvalue weighted by Crippen LogP contribution is -2.01. The predicted molar refractivity (Wildman–Crippen MR) is 62.5 cm³/mol. The molecule has 90 valence electrons. The van der Waals surface area contributed by atoms with Crippen molar-refractivity contribution in [3.63, 3.8) is 0 Å². The van der Waals surface area contributed by atoms with Crippen LogP contribution >= 0.6 is 11.3 Å². The minimum absolute atomic E-state index is 0.0551. The third-order valence-corrected chi connectivity index (χ3v) is 2.85. The zero-order valence-corrected chi connectivity index (χ0v) is 10.1. The van der Waals surface area contributed by atoms with Gasteiger partial charge in [0.15, 0.2) is 10.6 Å². The van der Waals surface area contributed by atoms with Crippen molar-refractivity contribution in [2.45, 2.75) is 0 Å². The Hall–Kier alpha value is -2.46. The number of hydrogen-bond acceptors (Lipinski definition) is 7. The molecule has 6 nitrogen and oxygen atoms in total. The topological polar surface area (TPSA) is 85.1 Å². The van der Waals surface area contributed by atoms with Crippen molar-refractivity contribution in [3.05, 3.63) is 34.4 Å². The molecule has 0 saturated carbocycles. The molecule has 7 heteroatoms. The number of carbonyl (C=O) groups excluding carboxylic acids is 1. The fraction of sp³-hybridized carbons (Fsp3) is 0.0909. The fourth-order valence-electron chi connectivity index (χ4n) is 1.20. The smallest absolute Gasteiger partial charge is 0.351 e. The molecule has 0 atom stereocenters. The number of esters is 1. The molecular weight excluding hydrogens is 254 g/mol. The van der Waals surface area contributed by atoms with E-state index in [4.69, 9.17) is 10.00 Å². The molecule has 2 aromatic rings. The first-order valence-electron chi connectivity index (χ1n) is 4.81. The molecule has 0 aromatic carbocycles. The molecule has 18 heavy (non-hydrogen) atoms. The lowest BCUT2D eigenvalue weighted by molar-refractivity contribution is 0.0603. The Morgan fingerprint density at radius 2 is 2.22 bits per heavy atom. The standard InChI is InChI=1S/C11H7N3O3S/c1-16-11(15)9-8(2-5-18-9)17-10-7(6-12)13-3-4-14-10/h2-5H,1H3. The zero-order valence-electron chi connectivity index (χ0n) is 9.28. The van der Waals surface area contributed by atoms with Crippen LogP contribution in [0.1, 0.15) is 15.4 Å². The predicted octanol–water partition coefficient (Wildman–Crippen LogP) is 1.99. The molecular formula is C11H7N3O3S. The van der Waals surface area contributed by atoms with Crippen LogP contribution in [0.4, 0.5) is 0 Å². The van der Waals surface area contributed by atoms with E-state index in [1.54, 1.807) is 11.4 Å². The van der Waals surface area contributed by atoms with Gasteiger partial charge in [0.25, 0.3) is 5.88 Å². The van der Waals surface area contributed by atoms with E-state index in [-0.39, 0.29) is 11.6 Å². The molecule has 2 aromatic heterocycles. The van der Waals surface area contributed by atoms with Gasteiger partial charge in [0, 0.05) is 12.4 Å². The highest BCUT2D eigenvalue weighted by atomic mass is 32.1. The second-order valence-electron chi connectivity index (χ2n) is 3.03. The molecule has 0 aliphatic rings. The van der Waals surface area contributed by atoms with Gasteiger partial charge in [-0.25, -0.2) is 14.8 Å². The van der Waals surface area contributed by atoms with Crippen LogP contribution in [-0.2, 0) is 4.74 Å². The Labute approximate surface area is 106 Å². The van der Waals surface area contributed by atoms with Crippen LogP contribution in [0.3, 0.4) is 0 Å². The van der Waals surface area contributed by atoms with Crippen molar-refractivity contribution in [2.24, 2.45) is 0 Å². The maximum atomic E-state index is 11.4. The van der Waals surface area contributed by atoms with Gasteiger partial charge in [0.1, 0.15) is 6.07 Å². The highest BCUT2D eigenvalue weighted by molar-refractivity contribution is 7.12. The molecule has 0 aliphatic heterocycles. The lowest BCUT2D eigenvalue weighted by Gasteiger charge is -2.05. The molecule has 0 saturated heterocycles. The zero-order chi connectivity index (χ0) is 13.0. The first kappa shape index (κ1) is 12.0. The van der Waals surface area contributed by atoms with Gasteiger partial charge in [-0.3, -0.25) is 0 Å².